The Bertz CT molecular complexity index is 353. The third-order valence-corrected chi connectivity index (χ3v) is 5.04. The van der Waals surface area contributed by atoms with Crippen LogP contribution in [0.2, 0.25) is 0 Å². The van der Waals surface area contributed by atoms with Crippen molar-refractivity contribution >= 4 is 22.9 Å². The molecule has 96 valence electrons. The van der Waals surface area contributed by atoms with Crippen LogP contribution in [0.4, 0.5) is 0 Å². The second-order valence-corrected chi connectivity index (χ2v) is 5.94. The fourth-order valence-electron chi connectivity index (χ4n) is 2.69. The number of likely N-dealkylation sites (tertiary alicyclic amines) is 1. The highest BCUT2D eigenvalue weighted by atomic mass is 35.5. The van der Waals surface area contributed by atoms with Crippen molar-refractivity contribution in [1.82, 2.24) is 9.88 Å². The molecule has 1 aromatic heterocycles. The number of hydrogen-bond acceptors (Lipinski definition) is 3. The SMILES string of the molecule is CCC1CCCCN1C(C)c1nc(CCl)cs1. The molecule has 2 unspecified atom stereocenters. The summed E-state index contributed by atoms with van der Waals surface area (Å²) in [5.41, 5.74) is 1.02. The first-order valence-electron chi connectivity index (χ1n) is 6.52. The molecule has 1 aliphatic rings. The molecular formula is C13H21ClN2S. The maximum atomic E-state index is 5.82. The van der Waals surface area contributed by atoms with Gasteiger partial charge in [0.05, 0.1) is 17.6 Å². The predicted octanol–water partition coefficient (Wildman–Crippen LogP) is 4.21. The number of thiazole rings is 1. The van der Waals surface area contributed by atoms with Crippen LogP contribution in [0, 0.1) is 0 Å². The molecule has 0 aliphatic carbocycles. The zero-order valence-electron chi connectivity index (χ0n) is 10.7. The molecule has 2 nitrogen and oxygen atoms in total. The molecular weight excluding hydrogens is 252 g/mol. The molecule has 0 bridgehead atoms. The van der Waals surface area contributed by atoms with E-state index in [0.29, 0.717) is 11.9 Å². The van der Waals surface area contributed by atoms with Gasteiger partial charge in [0.25, 0.3) is 0 Å². The summed E-state index contributed by atoms with van der Waals surface area (Å²) in [6.07, 6.45) is 5.30. The molecule has 0 N–H and O–H groups in total. The van der Waals surface area contributed by atoms with Crippen LogP contribution >= 0.6 is 22.9 Å². The average Bonchev–Trinajstić information content (AvgIpc) is 2.86. The summed E-state index contributed by atoms with van der Waals surface area (Å²) in [5.74, 6) is 0.528. The number of hydrogen-bond donors (Lipinski definition) is 0. The van der Waals surface area contributed by atoms with Crippen molar-refractivity contribution in [3.05, 3.63) is 16.1 Å². The summed E-state index contributed by atoms with van der Waals surface area (Å²) in [4.78, 5) is 7.24. The molecule has 0 aromatic carbocycles. The minimum Gasteiger partial charge on any atom is -0.291 e. The van der Waals surface area contributed by atoms with Gasteiger partial charge in [-0.15, -0.1) is 22.9 Å². The second-order valence-electron chi connectivity index (χ2n) is 4.78. The van der Waals surface area contributed by atoms with Crippen molar-refractivity contribution in [2.45, 2.75) is 57.5 Å². The van der Waals surface area contributed by atoms with E-state index in [1.165, 1.54) is 37.2 Å². The van der Waals surface area contributed by atoms with Gasteiger partial charge < -0.3 is 0 Å². The summed E-state index contributed by atoms with van der Waals surface area (Å²) in [6.45, 7) is 5.79. The Kier molecular flexibility index (Phi) is 4.83. The molecule has 1 aromatic rings. The summed E-state index contributed by atoms with van der Waals surface area (Å²) in [5, 5.41) is 3.31. The van der Waals surface area contributed by atoms with Gasteiger partial charge >= 0.3 is 0 Å². The third-order valence-electron chi connectivity index (χ3n) is 3.71. The summed E-state index contributed by atoms with van der Waals surface area (Å²) >= 11 is 7.57. The molecule has 0 saturated carbocycles. The van der Waals surface area contributed by atoms with E-state index >= 15 is 0 Å². The first-order valence-corrected chi connectivity index (χ1v) is 7.93. The van der Waals surface area contributed by atoms with E-state index in [4.69, 9.17) is 11.6 Å². The van der Waals surface area contributed by atoms with Crippen LogP contribution in [-0.4, -0.2) is 22.5 Å². The van der Waals surface area contributed by atoms with Crippen LogP contribution in [0.1, 0.15) is 56.3 Å². The number of alkyl halides is 1. The smallest absolute Gasteiger partial charge is 0.110 e. The van der Waals surface area contributed by atoms with Gasteiger partial charge in [-0.05, 0) is 32.7 Å². The fourth-order valence-corrected chi connectivity index (χ4v) is 3.81. The molecule has 17 heavy (non-hydrogen) atoms. The van der Waals surface area contributed by atoms with Gasteiger partial charge in [-0.2, -0.15) is 0 Å². The third kappa shape index (κ3) is 3.01. The standard InChI is InChI=1S/C13H21ClN2S/c1-3-12-6-4-5-7-16(12)10(2)13-15-11(8-14)9-17-13/h9-10,12H,3-8H2,1-2H3. The molecule has 1 saturated heterocycles. The summed E-state index contributed by atoms with van der Waals surface area (Å²) < 4.78 is 0. The average molecular weight is 273 g/mol. The maximum absolute atomic E-state index is 5.82. The maximum Gasteiger partial charge on any atom is 0.110 e. The van der Waals surface area contributed by atoms with Crippen LogP contribution in [-0.2, 0) is 5.88 Å². The lowest BCUT2D eigenvalue weighted by molar-refractivity contribution is 0.0999. The van der Waals surface area contributed by atoms with Crippen molar-refractivity contribution in [1.29, 1.82) is 0 Å². The van der Waals surface area contributed by atoms with Crippen LogP contribution in [0.5, 0.6) is 0 Å². The largest absolute Gasteiger partial charge is 0.291 e. The van der Waals surface area contributed by atoms with Crippen LogP contribution in [0.15, 0.2) is 5.38 Å². The number of aromatic nitrogens is 1. The van der Waals surface area contributed by atoms with E-state index in [2.05, 4.69) is 29.1 Å². The van der Waals surface area contributed by atoms with Crippen molar-refractivity contribution in [3.8, 4) is 0 Å². The van der Waals surface area contributed by atoms with E-state index in [9.17, 15) is 0 Å². The molecule has 2 rings (SSSR count). The Labute approximate surface area is 113 Å². The zero-order chi connectivity index (χ0) is 12.3. The Morgan fingerprint density at radius 2 is 2.41 bits per heavy atom. The highest BCUT2D eigenvalue weighted by molar-refractivity contribution is 7.09. The molecule has 2 atom stereocenters. The lowest BCUT2D eigenvalue weighted by atomic mass is 9.98. The molecule has 0 spiro atoms. The first-order chi connectivity index (χ1) is 8.26. The topological polar surface area (TPSA) is 16.1 Å². The lowest BCUT2D eigenvalue weighted by Crippen LogP contribution is -2.40. The van der Waals surface area contributed by atoms with E-state index in [1.807, 2.05) is 0 Å². The van der Waals surface area contributed by atoms with Gasteiger partial charge in [-0.25, -0.2) is 4.98 Å². The first kappa shape index (κ1) is 13.3. The number of piperidine rings is 1. The summed E-state index contributed by atoms with van der Waals surface area (Å²) in [6, 6.07) is 1.18. The Balaban J connectivity index is 2.09. The van der Waals surface area contributed by atoms with Crippen LogP contribution < -0.4 is 0 Å². The molecule has 2 heterocycles. The normalized spacial score (nSPS) is 23.8. The van der Waals surface area contributed by atoms with Crippen molar-refractivity contribution in [2.75, 3.05) is 6.54 Å². The monoisotopic (exact) mass is 272 g/mol. The molecule has 4 heteroatoms. The van der Waals surface area contributed by atoms with Crippen molar-refractivity contribution < 1.29 is 0 Å². The quantitative estimate of drug-likeness (QED) is 0.764. The molecule has 0 amide bonds. The summed E-state index contributed by atoms with van der Waals surface area (Å²) in [7, 11) is 0. The van der Waals surface area contributed by atoms with Crippen molar-refractivity contribution in [2.24, 2.45) is 0 Å². The number of halogens is 1. The fraction of sp³-hybridized carbons (Fsp3) is 0.769. The van der Waals surface area contributed by atoms with E-state index < -0.39 is 0 Å². The zero-order valence-corrected chi connectivity index (χ0v) is 12.2. The Hall–Kier alpha value is -0.120. The Morgan fingerprint density at radius 3 is 3.06 bits per heavy atom. The second kappa shape index (κ2) is 6.17. The van der Waals surface area contributed by atoms with E-state index in [0.717, 1.165) is 11.7 Å². The van der Waals surface area contributed by atoms with E-state index in [1.54, 1.807) is 11.3 Å². The highest BCUT2D eigenvalue weighted by Crippen LogP contribution is 2.31. The predicted molar refractivity (Wildman–Crippen MR) is 74.7 cm³/mol. The molecule has 1 fully saturated rings. The van der Waals surface area contributed by atoms with Gasteiger partial charge in [-0.1, -0.05) is 13.3 Å². The molecule has 1 aliphatic heterocycles. The number of nitrogens with zero attached hydrogens (tertiary/aromatic N) is 2. The van der Waals surface area contributed by atoms with Gasteiger partial charge in [0.2, 0.25) is 0 Å². The van der Waals surface area contributed by atoms with E-state index in [-0.39, 0.29) is 0 Å². The minimum absolute atomic E-state index is 0.446. The van der Waals surface area contributed by atoms with Gasteiger partial charge in [-0.3, -0.25) is 4.90 Å². The van der Waals surface area contributed by atoms with Crippen molar-refractivity contribution in [3.63, 3.8) is 0 Å². The number of rotatable bonds is 4. The van der Waals surface area contributed by atoms with Gasteiger partial charge in [0.15, 0.2) is 0 Å². The molecule has 0 radical (unpaired) electrons. The van der Waals surface area contributed by atoms with Gasteiger partial charge in [0.1, 0.15) is 5.01 Å². The van der Waals surface area contributed by atoms with Crippen LogP contribution in [0.3, 0.4) is 0 Å². The highest BCUT2D eigenvalue weighted by Gasteiger charge is 2.27. The van der Waals surface area contributed by atoms with Crippen LogP contribution in [0.25, 0.3) is 0 Å². The van der Waals surface area contributed by atoms with Gasteiger partial charge in [0, 0.05) is 11.4 Å². The lowest BCUT2D eigenvalue weighted by Gasteiger charge is -2.38. The Morgan fingerprint density at radius 1 is 1.59 bits per heavy atom. The minimum atomic E-state index is 0.446.